The third-order valence-electron chi connectivity index (χ3n) is 2.90. The first-order valence-corrected chi connectivity index (χ1v) is 5.21. The van der Waals surface area contributed by atoms with Crippen LogP contribution >= 0.6 is 0 Å². The third kappa shape index (κ3) is 1.82. The number of phenolic OH excluding ortho intramolecular Hbond substituents is 2. The number of hydrogen-bond donors (Lipinski definition) is 3. The van der Waals surface area contributed by atoms with Crippen molar-refractivity contribution in [1.82, 2.24) is 5.32 Å². The van der Waals surface area contributed by atoms with Crippen LogP contribution in [0, 0.1) is 11.6 Å². The van der Waals surface area contributed by atoms with Crippen molar-refractivity contribution < 1.29 is 19.0 Å². The molecule has 0 spiro atoms. The van der Waals surface area contributed by atoms with Gasteiger partial charge in [-0.3, -0.25) is 0 Å². The van der Waals surface area contributed by atoms with E-state index in [4.69, 9.17) is 0 Å². The first-order chi connectivity index (χ1) is 7.61. The number of piperidine rings is 1. The average Bonchev–Trinajstić information content (AvgIpc) is 2.28. The number of benzene rings is 1. The van der Waals surface area contributed by atoms with Gasteiger partial charge in [0.25, 0.3) is 0 Å². The summed E-state index contributed by atoms with van der Waals surface area (Å²) < 4.78 is 27.2. The quantitative estimate of drug-likeness (QED) is 0.688. The van der Waals surface area contributed by atoms with Gasteiger partial charge in [-0.25, -0.2) is 8.78 Å². The minimum absolute atomic E-state index is 0.218. The van der Waals surface area contributed by atoms with E-state index in [9.17, 15) is 19.0 Å². The maximum absolute atomic E-state index is 13.6. The predicted octanol–water partition coefficient (Wildman–Crippen LogP) is 1.84. The molecule has 5 heteroatoms. The molecule has 1 fully saturated rings. The van der Waals surface area contributed by atoms with E-state index in [1.54, 1.807) is 0 Å². The third-order valence-corrected chi connectivity index (χ3v) is 2.90. The maximum Gasteiger partial charge on any atom is 0.171 e. The highest BCUT2D eigenvalue weighted by atomic mass is 19.1. The van der Waals surface area contributed by atoms with Gasteiger partial charge in [-0.1, -0.05) is 0 Å². The Hall–Kier alpha value is -1.36. The molecule has 0 saturated carbocycles. The number of rotatable bonds is 1. The molecule has 88 valence electrons. The van der Waals surface area contributed by atoms with Gasteiger partial charge in [-0.05, 0) is 19.4 Å². The van der Waals surface area contributed by atoms with Gasteiger partial charge in [0, 0.05) is 24.1 Å². The molecule has 1 heterocycles. The summed E-state index contributed by atoms with van der Waals surface area (Å²) in [5.41, 5.74) is -0.218. The fourth-order valence-electron chi connectivity index (χ4n) is 2.09. The van der Waals surface area contributed by atoms with Crippen molar-refractivity contribution in [1.29, 1.82) is 0 Å². The molecule has 0 amide bonds. The van der Waals surface area contributed by atoms with Crippen molar-refractivity contribution in [2.24, 2.45) is 0 Å². The molecule has 0 aromatic heterocycles. The van der Waals surface area contributed by atoms with E-state index in [1.807, 2.05) is 0 Å². The minimum atomic E-state index is -0.969. The first-order valence-electron chi connectivity index (χ1n) is 5.21. The lowest BCUT2D eigenvalue weighted by Gasteiger charge is -2.24. The molecular weight excluding hydrogens is 216 g/mol. The molecule has 1 aromatic carbocycles. The van der Waals surface area contributed by atoms with Crippen molar-refractivity contribution in [3.63, 3.8) is 0 Å². The Morgan fingerprint density at radius 2 is 1.81 bits per heavy atom. The van der Waals surface area contributed by atoms with Crippen molar-refractivity contribution in [3.05, 3.63) is 23.3 Å². The van der Waals surface area contributed by atoms with Crippen molar-refractivity contribution in [2.45, 2.75) is 18.8 Å². The summed E-state index contributed by atoms with van der Waals surface area (Å²) in [7, 11) is 0. The summed E-state index contributed by atoms with van der Waals surface area (Å²) in [6.07, 6.45) is 1.46. The Bertz CT molecular complexity index is 377. The SMILES string of the molecule is Oc1cc(O)c(F)c(C2CCCNC2)c1F. The van der Waals surface area contributed by atoms with Crippen LogP contribution in [-0.4, -0.2) is 23.3 Å². The second kappa shape index (κ2) is 4.25. The number of halogens is 2. The topological polar surface area (TPSA) is 52.5 Å². The predicted molar refractivity (Wildman–Crippen MR) is 54.5 cm³/mol. The normalized spacial score (nSPS) is 21.0. The van der Waals surface area contributed by atoms with Crippen LogP contribution in [0.15, 0.2) is 6.07 Å². The van der Waals surface area contributed by atoms with Gasteiger partial charge >= 0.3 is 0 Å². The monoisotopic (exact) mass is 229 g/mol. The number of aromatic hydroxyl groups is 2. The molecule has 1 atom stereocenters. The van der Waals surface area contributed by atoms with Crippen LogP contribution < -0.4 is 5.32 Å². The fourth-order valence-corrected chi connectivity index (χ4v) is 2.09. The molecule has 2 rings (SSSR count). The van der Waals surface area contributed by atoms with E-state index >= 15 is 0 Å². The largest absolute Gasteiger partial charge is 0.505 e. The Labute approximate surface area is 91.7 Å². The Balaban J connectivity index is 2.45. The lowest BCUT2D eigenvalue weighted by atomic mass is 9.90. The molecule has 3 N–H and O–H groups in total. The van der Waals surface area contributed by atoms with Crippen LogP contribution in [0.2, 0.25) is 0 Å². The maximum atomic E-state index is 13.6. The van der Waals surface area contributed by atoms with Gasteiger partial charge in [0.15, 0.2) is 23.1 Å². The molecule has 0 bridgehead atoms. The highest BCUT2D eigenvalue weighted by molar-refractivity contribution is 5.42. The molecule has 1 aliphatic rings. The zero-order chi connectivity index (χ0) is 11.7. The molecule has 1 aromatic rings. The molecular formula is C11H13F2NO2. The van der Waals surface area contributed by atoms with Crippen molar-refractivity contribution >= 4 is 0 Å². The summed E-state index contributed by atoms with van der Waals surface area (Å²) in [4.78, 5) is 0. The van der Waals surface area contributed by atoms with E-state index in [1.165, 1.54) is 0 Å². The second-order valence-corrected chi connectivity index (χ2v) is 4.00. The zero-order valence-electron chi connectivity index (χ0n) is 8.63. The average molecular weight is 229 g/mol. The lowest BCUT2D eigenvalue weighted by molar-refractivity contribution is 0.369. The zero-order valence-corrected chi connectivity index (χ0v) is 8.63. The van der Waals surface area contributed by atoms with E-state index in [-0.39, 0.29) is 11.5 Å². The van der Waals surface area contributed by atoms with Crippen LogP contribution in [0.5, 0.6) is 11.5 Å². The van der Waals surface area contributed by atoms with Crippen LogP contribution in [0.25, 0.3) is 0 Å². The molecule has 1 saturated heterocycles. The molecule has 3 nitrogen and oxygen atoms in total. The molecule has 1 aliphatic heterocycles. The minimum Gasteiger partial charge on any atom is -0.505 e. The Morgan fingerprint density at radius 1 is 1.19 bits per heavy atom. The second-order valence-electron chi connectivity index (χ2n) is 4.00. The van der Waals surface area contributed by atoms with Crippen molar-refractivity contribution in [3.8, 4) is 11.5 Å². The number of hydrogen-bond acceptors (Lipinski definition) is 3. The molecule has 0 aliphatic carbocycles. The van der Waals surface area contributed by atoms with Crippen molar-refractivity contribution in [2.75, 3.05) is 13.1 Å². The van der Waals surface area contributed by atoms with E-state index < -0.39 is 23.1 Å². The van der Waals surface area contributed by atoms with Crippen LogP contribution in [-0.2, 0) is 0 Å². The fraction of sp³-hybridized carbons (Fsp3) is 0.455. The summed E-state index contributed by atoms with van der Waals surface area (Å²) in [6, 6.07) is 0.685. The Morgan fingerprint density at radius 3 is 2.31 bits per heavy atom. The Kier molecular flexibility index (Phi) is 2.96. The molecule has 0 radical (unpaired) electrons. The lowest BCUT2D eigenvalue weighted by Crippen LogP contribution is -2.29. The van der Waals surface area contributed by atoms with Gasteiger partial charge in [-0.15, -0.1) is 0 Å². The highest BCUT2D eigenvalue weighted by Crippen LogP contribution is 2.36. The van der Waals surface area contributed by atoms with Crippen LogP contribution in [0.3, 0.4) is 0 Å². The van der Waals surface area contributed by atoms with Gasteiger partial charge in [0.2, 0.25) is 0 Å². The highest BCUT2D eigenvalue weighted by Gasteiger charge is 2.26. The van der Waals surface area contributed by atoms with Gasteiger partial charge in [0.05, 0.1) is 0 Å². The summed E-state index contributed by atoms with van der Waals surface area (Å²) in [6.45, 7) is 1.28. The summed E-state index contributed by atoms with van der Waals surface area (Å²) in [5.74, 6) is -3.70. The summed E-state index contributed by atoms with van der Waals surface area (Å²) in [5, 5.41) is 21.5. The first kappa shape index (κ1) is 11.1. The van der Waals surface area contributed by atoms with E-state index in [0.717, 1.165) is 13.0 Å². The van der Waals surface area contributed by atoms with E-state index in [2.05, 4.69) is 5.32 Å². The molecule has 1 unspecified atom stereocenters. The smallest absolute Gasteiger partial charge is 0.171 e. The van der Waals surface area contributed by atoms with E-state index in [0.29, 0.717) is 19.0 Å². The number of nitrogens with one attached hydrogen (secondary N) is 1. The number of phenols is 2. The van der Waals surface area contributed by atoms with Crippen LogP contribution in [0.1, 0.15) is 24.3 Å². The van der Waals surface area contributed by atoms with Gasteiger partial charge in [-0.2, -0.15) is 0 Å². The van der Waals surface area contributed by atoms with Crippen LogP contribution in [0.4, 0.5) is 8.78 Å². The summed E-state index contributed by atoms with van der Waals surface area (Å²) >= 11 is 0. The van der Waals surface area contributed by atoms with Gasteiger partial charge < -0.3 is 15.5 Å². The van der Waals surface area contributed by atoms with Gasteiger partial charge in [0.1, 0.15) is 0 Å². The standard InChI is InChI=1S/C11H13F2NO2/c12-10-7(15)4-8(16)11(13)9(10)6-2-1-3-14-5-6/h4,6,14-16H,1-3,5H2. The molecule has 16 heavy (non-hydrogen) atoms.